The average molecular weight is 1630 g/mol. The maximum atomic E-state index is 6.23. The van der Waals surface area contributed by atoms with Crippen molar-refractivity contribution in [1.82, 2.24) is 0 Å². The Morgan fingerprint density at radius 3 is 1.55 bits per heavy atom. The van der Waals surface area contributed by atoms with Crippen molar-refractivity contribution in [3.05, 3.63) is 96.3 Å². The molecular weight excluding hydrogens is 1520 g/mol. The van der Waals surface area contributed by atoms with E-state index in [1.54, 1.807) is 60.0 Å². The molecule has 0 saturated heterocycles. The summed E-state index contributed by atoms with van der Waals surface area (Å²) in [6.45, 7) is 0. The van der Waals surface area contributed by atoms with Gasteiger partial charge in [0.05, 0.1) is 10.8 Å². The molecule has 0 radical (unpaired) electrons. The molecule has 0 spiro atoms. The van der Waals surface area contributed by atoms with Crippen molar-refractivity contribution in [3.8, 4) is 5.75 Å². The van der Waals surface area contributed by atoms with E-state index in [4.69, 9.17) is 18.0 Å². The van der Waals surface area contributed by atoms with Crippen molar-refractivity contribution in [1.29, 1.82) is 0 Å². The fraction of sp³-hybridized carbons (Fsp3) is 0.714. The van der Waals surface area contributed by atoms with E-state index in [1.807, 2.05) is 38.7 Å². The Labute approximate surface area is 617 Å². The number of ether oxygens (including phenoxy) is 1. The average Bonchev–Trinajstić information content (AvgIpc) is 1.66. The van der Waals surface area contributed by atoms with Crippen LogP contribution in [-0.2, 0) is 77.0 Å². The van der Waals surface area contributed by atoms with Crippen molar-refractivity contribution in [3.63, 3.8) is 0 Å². The summed E-state index contributed by atoms with van der Waals surface area (Å²) in [5.74, 6) is 14.4. The molecule has 6 aliphatic heterocycles. The first-order chi connectivity index (χ1) is 47.6. The van der Waals surface area contributed by atoms with Crippen LogP contribution in [0.25, 0.3) is 0 Å². The molecule has 18 aliphatic rings. The number of thioether (sulfide) groups is 2. The Hall–Kier alpha value is -0.702. The molecule has 0 amide bonds. The normalized spacial score (nSPS) is 31.9. The van der Waals surface area contributed by atoms with Crippen LogP contribution in [0.4, 0.5) is 0 Å². The van der Waals surface area contributed by atoms with Gasteiger partial charge in [0.15, 0.2) is 11.5 Å². The quantitative estimate of drug-likeness (QED) is 0.141. The van der Waals surface area contributed by atoms with Gasteiger partial charge in [-0.05, 0) is 115 Å². The van der Waals surface area contributed by atoms with Gasteiger partial charge in [0.2, 0.25) is 0 Å². The van der Waals surface area contributed by atoms with Crippen molar-refractivity contribution < 1.29 is 18.0 Å². The van der Waals surface area contributed by atoms with Gasteiger partial charge in [-0.25, -0.2) is 0 Å². The van der Waals surface area contributed by atoms with Crippen LogP contribution in [0.1, 0.15) is 363 Å². The van der Waals surface area contributed by atoms with E-state index in [-0.39, 0.29) is 0 Å². The zero-order chi connectivity index (χ0) is 63.2. The molecule has 6 fully saturated rings. The van der Waals surface area contributed by atoms with Gasteiger partial charge in [-0.3, -0.25) is 0 Å². The molecule has 12 heteroatoms. The van der Waals surface area contributed by atoms with Crippen LogP contribution in [0.15, 0.2) is 23.0 Å². The van der Waals surface area contributed by atoms with E-state index >= 15 is 0 Å². The van der Waals surface area contributed by atoms with Gasteiger partial charge in [-0.2, -0.15) is 0 Å². The van der Waals surface area contributed by atoms with E-state index in [9.17, 15) is 0 Å². The third kappa shape index (κ3) is 12.6. The number of hydrogen-bond donors (Lipinski definition) is 0. The molecule has 0 N–H and O–H groups in total. The van der Waals surface area contributed by atoms with Crippen LogP contribution in [0.5, 0.6) is 5.75 Å². The van der Waals surface area contributed by atoms with Crippen LogP contribution in [0, 0.1) is 0 Å². The number of hydrogen-bond acceptors (Lipinski definition) is 8. The van der Waals surface area contributed by atoms with Crippen LogP contribution < -0.4 is 18.1 Å². The fourth-order valence-corrected chi connectivity index (χ4v) is 44.7. The number of fused-ring (bicyclic) bond motifs is 30. The number of furan rings is 3. The maximum absolute atomic E-state index is 6.23. The van der Waals surface area contributed by atoms with E-state index < -0.39 is 0 Å². The Morgan fingerprint density at radius 1 is 0.302 bits per heavy atom. The molecule has 12 heterocycles. The molecule has 6 saturated carbocycles. The van der Waals surface area contributed by atoms with E-state index in [1.165, 1.54) is 323 Å². The Balaban J connectivity index is 0.0000000812. The molecule has 0 aromatic carbocycles. The van der Waals surface area contributed by atoms with Crippen molar-refractivity contribution in [2.24, 2.45) is 0 Å². The summed E-state index contributed by atoms with van der Waals surface area (Å²) in [6.07, 6.45) is 67.8. The Kier molecular flexibility index (Phi) is 20.2. The minimum atomic E-state index is 0.440. The Morgan fingerprint density at radius 2 is 0.781 bits per heavy atom. The van der Waals surface area contributed by atoms with Crippen LogP contribution >= 0.6 is 46.2 Å². The molecule has 6 aromatic heterocycles. The van der Waals surface area contributed by atoms with Gasteiger partial charge in [-0.15, -0.1) is 34.9 Å². The fourth-order valence-electron chi connectivity index (χ4n) is 21.7. The number of aryl methyl sites for hydroxylation is 6. The summed E-state index contributed by atoms with van der Waals surface area (Å²) < 4.78 is 34.2. The zero-order valence-electron chi connectivity index (χ0n) is 57.8. The molecule has 516 valence electrons. The van der Waals surface area contributed by atoms with Crippen LogP contribution in [0.2, 0.25) is 14.4 Å². The van der Waals surface area contributed by atoms with Gasteiger partial charge in [0.25, 0.3) is 0 Å². The van der Waals surface area contributed by atoms with Crippen LogP contribution in [-0.4, -0.2) is 76.0 Å². The van der Waals surface area contributed by atoms with Crippen LogP contribution in [0.3, 0.4) is 0 Å². The predicted molar refractivity (Wildman–Crippen MR) is 406 cm³/mol. The van der Waals surface area contributed by atoms with E-state index in [2.05, 4.69) is 46.2 Å². The van der Waals surface area contributed by atoms with Crippen molar-refractivity contribution in [2.75, 3.05) is 0 Å². The molecular formula is C84H108O4S4Se4. The second-order valence-electron chi connectivity index (χ2n) is 32.7. The summed E-state index contributed by atoms with van der Waals surface area (Å²) in [5, 5.41) is 1.82. The first-order valence-electron chi connectivity index (χ1n) is 40.5. The molecule has 12 aliphatic carbocycles. The Bertz CT molecular complexity index is 3150. The van der Waals surface area contributed by atoms with Crippen molar-refractivity contribution in [2.45, 2.75) is 385 Å². The van der Waals surface area contributed by atoms with Gasteiger partial charge in [-0.1, -0.05) is 32.1 Å². The molecule has 12 unspecified atom stereocenters. The first-order valence-corrected chi connectivity index (χ1v) is 51.1. The molecule has 4 nitrogen and oxygen atoms in total. The summed E-state index contributed by atoms with van der Waals surface area (Å²) in [5.41, 5.74) is 10.2. The molecule has 12 atom stereocenters. The molecule has 24 rings (SSSR count). The van der Waals surface area contributed by atoms with Gasteiger partial charge in [0.1, 0.15) is 23.4 Å². The molecule has 96 heavy (non-hydrogen) atoms. The van der Waals surface area contributed by atoms with Gasteiger partial charge < -0.3 is 13.6 Å². The SMILES string of the molecule is C1CCc2c([se]c3c2[Se]C2CCCCC32)C1.C1CCc2c(oc3c2OC2CCCCC32)C1.C1CCc2c(oc3c2SC2CCCCC32)C1.C1CCc2c(oc3c2[Se]C2CCCCC32)C1.C1CCc2c(sc3c2SC2CCCCC32)C1.C1CCc2c(sc3c2[Se]C2CCCCC32)C1. The third-order valence-corrected chi connectivity index (χ3v) is 46.6. The zero-order valence-corrected chi connectivity index (χ0v) is 67.9. The summed E-state index contributed by atoms with van der Waals surface area (Å²) in [7, 11) is 0. The van der Waals surface area contributed by atoms with E-state index in [0.29, 0.717) is 12.0 Å². The summed E-state index contributed by atoms with van der Waals surface area (Å²) in [6, 6.07) is 0. The second kappa shape index (κ2) is 29.3. The molecule has 0 bridgehead atoms. The topological polar surface area (TPSA) is 48.7 Å². The van der Waals surface area contributed by atoms with Gasteiger partial charge >= 0.3 is 322 Å². The predicted octanol–water partition coefficient (Wildman–Crippen LogP) is 21.4. The summed E-state index contributed by atoms with van der Waals surface area (Å²) in [4.78, 5) is 13.8. The second-order valence-corrected chi connectivity index (χ2v) is 47.7. The first kappa shape index (κ1) is 66.0. The summed E-state index contributed by atoms with van der Waals surface area (Å²) >= 11 is 12.1. The minimum absolute atomic E-state index is 0.440. The standard InChI is InChI=1S/C14H18O2.C14H18OS.C14H18OSe.C14H18S2.C14H18SSe.C14H18Se2/c1-3-7-11-9(5-1)13-14(15-11)10-6-2-4-8-12(10)16-13;2*1-3-7-11-9(5-1)14-13(15-11)10-6-2-4-8-12(10)16-14;1-3-7-11-9(5-1)13-14(15-11)10-6-2-4-8-12(10)16-13;1-3-7-11-9(5-1)14-13(15-11)10-6-2-4-8-12(10)16-14;1-3-7-11-9(5-1)13-14(15-11)10-6-2-4-8-12(10)16-13/h9,11H,1-8H2;2*10,12H,1-8H2;9,11H,1-8H2;10,12H,1-8H2;9,11H,1-8H2. The molecule has 6 aromatic rings. The monoisotopic (exact) mass is 1630 g/mol. The van der Waals surface area contributed by atoms with E-state index in [0.717, 1.165) is 126 Å². The number of thiophene rings is 2. The van der Waals surface area contributed by atoms with Gasteiger partial charge in [0, 0.05) is 61.0 Å². The third-order valence-electron chi connectivity index (χ3n) is 26.7. The number of rotatable bonds is 0. The van der Waals surface area contributed by atoms with Crippen molar-refractivity contribution >= 4 is 119 Å².